The third-order valence-corrected chi connectivity index (χ3v) is 5.37. The summed E-state index contributed by atoms with van der Waals surface area (Å²) in [5.74, 6) is 1.19. The smallest absolute Gasteiger partial charge is 0.252 e. The van der Waals surface area contributed by atoms with Crippen LogP contribution in [0.5, 0.6) is 0 Å². The maximum absolute atomic E-state index is 12.9. The number of amides is 1. The van der Waals surface area contributed by atoms with Gasteiger partial charge in [0.1, 0.15) is 5.82 Å². The number of ketones is 1. The molecule has 0 saturated heterocycles. The SMILES string of the molecule is O=C(NCc1nnc2n1CCCCC2)c1ccccc1C(=O)c1ccc(Cl)cc1. The summed E-state index contributed by atoms with van der Waals surface area (Å²) in [6.07, 6.45) is 4.30. The van der Waals surface area contributed by atoms with Crippen molar-refractivity contribution in [3.8, 4) is 0 Å². The summed E-state index contributed by atoms with van der Waals surface area (Å²) >= 11 is 5.91. The maximum Gasteiger partial charge on any atom is 0.252 e. The zero-order chi connectivity index (χ0) is 20.2. The van der Waals surface area contributed by atoms with E-state index in [0.717, 1.165) is 37.5 Å². The number of carbonyl (C=O) groups is 2. The summed E-state index contributed by atoms with van der Waals surface area (Å²) in [5.41, 5.74) is 1.17. The van der Waals surface area contributed by atoms with E-state index in [1.54, 1.807) is 48.5 Å². The van der Waals surface area contributed by atoms with Gasteiger partial charge >= 0.3 is 0 Å². The number of aryl methyl sites for hydroxylation is 1. The Morgan fingerprint density at radius 3 is 2.52 bits per heavy atom. The molecule has 1 N–H and O–H groups in total. The number of halogens is 1. The van der Waals surface area contributed by atoms with Gasteiger partial charge in [0.2, 0.25) is 0 Å². The molecule has 0 bridgehead atoms. The number of benzene rings is 2. The number of fused-ring (bicyclic) bond motifs is 1. The largest absolute Gasteiger partial charge is 0.345 e. The molecule has 0 unspecified atom stereocenters. The topological polar surface area (TPSA) is 76.9 Å². The number of hydrogen-bond donors (Lipinski definition) is 1. The molecule has 1 aromatic heterocycles. The first-order valence-electron chi connectivity index (χ1n) is 9.72. The first-order chi connectivity index (χ1) is 14.1. The van der Waals surface area contributed by atoms with Gasteiger partial charge in [-0.2, -0.15) is 0 Å². The molecule has 148 valence electrons. The lowest BCUT2D eigenvalue weighted by Crippen LogP contribution is -2.26. The Morgan fingerprint density at radius 1 is 0.966 bits per heavy atom. The van der Waals surface area contributed by atoms with Crippen molar-refractivity contribution in [2.45, 2.75) is 38.8 Å². The van der Waals surface area contributed by atoms with Crippen LogP contribution in [0.15, 0.2) is 48.5 Å². The van der Waals surface area contributed by atoms with Crippen LogP contribution in [0, 0.1) is 0 Å². The second kappa shape index (κ2) is 8.57. The summed E-state index contributed by atoms with van der Waals surface area (Å²) in [6, 6.07) is 13.4. The number of nitrogens with one attached hydrogen (secondary N) is 1. The molecular weight excluding hydrogens is 388 g/mol. The van der Waals surface area contributed by atoms with Crippen molar-refractivity contribution in [3.63, 3.8) is 0 Å². The number of aromatic nitrogens is 3. The fourth-order valence-corrected chi connectivity index (χ4v) is 3.69. The van der Waals surface area contributed by atoms with Crippen LogP contribution in [0.1, 0.15) is 57.2 Å². The number of carbonyl (C=O) groups excluding carboxylic acids is 2. The van der Waals surface area contributed by atoms with Gasteiger partial charge in [-0.05, 0) is 43.2 Å². The molecule has 1 aliphatic rings. The van der Waals surface area contributed by atoms with E-state index in [4.69, 9.17) is 11.6 Å². The Balaban J connectivity index is 1.52. The van der Waals surface area contributed by atoms with E-state index >= 15 is 0 Å². The first kappa shape index (κ1) is 19.3. The normalized spacial score (nSPS) is 13.4. The highest BCUT2D eigenvalue weighted by molar-refractivity contribution is 6.30. The molecule has 0 atom stereocenters. The molecule has 1 aliphatic heterocycles. The Bertz CT molecular complexity index is 1040. The van der Waals surface area contributed by atoms with E-state index in [9.17, 15) is 9.59 Å². The van der Waals surface area contributed by atoms with Crippen LogP contribution in [0.4, 0.5) is 0 Å². The molecular formula is C22H21ClN4O2. The zero-order valence-corrected chi connectivity index (χ0v) is 16.7. The molecule has 4 rings (SSSR count). The highest BCUT2D eigenvalue weighted by atomic mass is 35.5. The van der Waals surface area contributed by atoms with Gasteiger partial charge in [-0.3, -0.25) is 9.59 Å². The zero-order valence-electron chi connectivity index (χ0n) is 15.9. The van der Waals surface area contributed by atoms with Crippen molar-refractivity contribution in [1.82, 2.24) is 20.1 Å². The van der Waals surface area contributed by atoms with E-state index in [2.05, 4.69) is 20.1 Å². The van der Waals surface area contributed by atoms with E-state index in [-0.39, 0.29) is 18.2 Å². The van der Waals surface area contributed by atoms with E-state index in [1.807, 2.05) is 0 Å². The van der Waals surface area contributed by atoms with Crippen molar-refractivity contribution >= 4 is 23.3 Å². The summed E-state index contributed by atoms with van der Waals surface area (Å²) in [7, 11) is 0. The van der Waals surface area contributed by atoms with Crippen LogP contribution in [-0.4, -0.2) is 26.5 Å². The van der Waals surface area contributed by atoms with E-state index < -0.39 is 0 Å². The van der Waals surface area contributed by atoms with Crippen LogP contribution >= 0.6 is 11.6 Å². The van der Waals surface area contributed by atoms with Gasteiger partial charge in [-0.25, -0.2) is 0 Å². The average molecular weight is 409 g/mol. The fraction of sp³-hybridized carbons (Fsp3) is 0.273. The third kappa shape index (κ3) is 4.22. The van der Waals surface area contributed by atoms with Gasteiger partial charge in [-0.15, -0.1) is 10.2 Å². The molecule has 0 saturated carbocycles. The van der Waals surface area contributed by atoms with Gasteiger partial charge in [0.05, 0.1) is 12.1 Å². The Kier molecular flexibility index (Phi) is 5.71. The number of nitrogens with zero attached hydrogens (tertiary/aromatic N) is 3. The van der Waals surface area contributed by atoms with Crippen molar-refractivity contribution in [3.05, 3.63) is 81.9 Å². The fourth-order valence-electron chi connectivity index (χ4n) is 3.57. The molecule has 2 aromatic carbocycles. The standard InChI is InChI=1S/C22H21ClN4O2/c23-16-11-9-15(10-12-16)21(28)17-6-3-4-7-18(17)22(29)24-14-20-26-25-19-8-2-1-5-13-27(19)20/h3-4,6-7,9-12H,1-2,5,8,13-14H2,(H,24,29). The maximum atomic E-state index is 12.9. The lowest BCUT2D eigenvalue weighted by Gasteiger charge is -2.11. The van der Waals surface area contributed by atoms with Crippen LogP contribution in [-0.2, 0) is 19.5 Å². The van der Waals surface area contributed by atoms with E-state index in [1.165, 1.54) is 6.42 Å². The summed E-state index contributed by atoms with van der Waals surface area (Å²) in [6.45, 7) is 1.15. The van der Waals surface area contributed by atoms with Crippen LogP contribution < -0.4 is 5.32 Å². The predicted molar refractivity (Wildman–Crippen MR) is 110 cm³/mol. The lowest BCUT2D eigenvalue weighted by molar-refractivity contribution is 0.0938. The van der Waals surface area contributed by atoms with Crippen LogP contribution in [0.2, 0.25) is 5.02 Å². The van der Waals surface area contributed by atoms with Gasteiger partial charge in [0.15, 0.2) is 11.6 Å². The summed E-state index contributed by atoms with van der Waals surface area (Å²) in [5, 5.41) is 11.9. The molecule has 0 fully saturated rings. The second-order valence-electron chi connectivity index (χ2n) is 7.06. The van der Waals surface area contributed by atoms with Crippen molar-refractivity contribution < 1.29 is 9.59 Å². The molecule has 2 heterocycles. The van der Waals surface area contributed by atoms with Gasteiger partial charge < -0.3 is 9.88 Å². The number of rotatable bonds is 5. The summed E-state index contributed by atoms with van der Waals surface area (Å²) < 4.78 is 2.10. The molecule has 29 heavy (non-hydrogen) atoms. The lowest BCUT2D eigenvalue weighted by atomic mass is 9.98. The molecule has 0 spiro atoms. The Labute approximate surface area is 173 Å². The van der Waals surface area contributed by atoms with Crippen LogP contribution in [0.25, 0.3) is 0 Å². The molecule has 7 heteroatoms. The third-order valence-electron chi connectivity index (χ3n) is 5.12. The first-order valence-corrected chi connectivity index (χ1v) is 10.1. The molecule has 0 aliphatic carbocycles. The highest BCUT2D eigenvalue weighted by Crippen LogP contribution is 2.18. The minimum atomic E-state index is -0.311. The minimum absolute atomic E-state index is 0.219. The van der Waals surface area contributed by atoms with Gasteiger partial charge in [-0.1, -0.05) is 36.2 Å². The van der Waals surface area contributed by atoms with Gasteiger partial charge in [0.25, 0.3) is 5.91 Å². The highest BCUT2D eigenvalue weighted by Gasteiger charge is 2.19. The second-order valence-corrected chi connectivity index (χ2v) is 7.50. The summed E-state index contributed by atoms with van der Waals surface area (Å²) in [4.78, 5) is 25.7. The number of hydrogen-bond acceptors (Lipinski definition) is 4. The molecule has 1 amide bonds. The van der Waals surface area contributed by atoms with Crippen molar-refractivity contribution in [2.75, 3.05) is 0 Å². The molecule has 0 radical (unpaired) electrons. The van der Waals surface area contributed by atoms with Crippen molar-refractivity contribution in [2.24, 2.45) is 0 Å². The molecule has 6 nitrogen and oxygen atoms in total. The Morgan fingerprint density at radius 2 is 1.72 bits per heavy atom. The minimum Gasteiger partial charge on any atom is -0.345 e. The van der Waals surface area contributed by atoms with E-state index in [0.29, 0.717) is 21.7 Å². The van der Waals surface area contributed by atoms with Gasteiger partial charge in [0, 0.05) is 29.1 Å². The van der Waals surface area contributed by atoms with Crippen molar-refractivity contribution in [1.29, 1.82) is 0 Å². The monoisotopic (exact) mass is 408 g/mol. The average Bonchev–Trinajstić information content (AvgIpc) is 2.98. The quantitative estimate of drug-likeness (QED) is 0.651. The predicted octanol–water partition coefficient (Wildman–Crippen LogP) is 3.82. The van der Waals surface area contributed by atoms with Crippen LogP contribution in [0.3, 0.4) is 0 Å². The Hall–Kier alpha value is -2.99. The molecule has 3 aromatic rings.